The molecule has 9 heteroatoms. The maximum Gasteiger partial charge on any atom is 0.297 e. The summed E-state index contributed by atoms with van der Waals surface area (Å²) in [5.74, 6) is 1.16. The minimum atomic E-state index is 0. The number of nitrogens with one attached hydrogen (secondary N) is 1. The van der Waals surface area contributed by atoms with E-state index in [1.807, 2.05) is 22.9 Å². The Morgan fingerprint density at radius 1 is 1.25 bits per heavy atom. The summed E-state index contributed by atoms with van der Waals surface area (Å²) in [4.78, 5) is 8.64. The molecule has 1 aromatic carbocycles. The van der Waals surface area contributed by atoms with Crippen LogP contribution < -0.4 is 5.32 Å². The molecule has 1 atom stereocenters. The third-order valence-electron chi connectivity index (χ3n) is 3.89. The molecule has 7 nitrogen and oxygen atoms in total. The van der Waals surface area contributed by atoms with Crippen LogP contribution in [-0.4, -0.2) is 38.0 Å². The molecule has 1 aliphatic rings. The van der Waals surface area contributed by atoms with E-state index in [1.54, 1.807) is 12.4 Å². The van der Waals surface area contributed by atoms with Gasteiger partial charge in [-0.15, -0.1) is 17.5 Å². The highest BCUT2D eigenvalue weighted by Crippen LogP contribution is 2.26. The minimum absolute atomic E-state index is 0. The molecule has 0 bridgehead atoms. The van der Waals surface area contributed by atoms with Gasteiger partial charge in [0.15, 0.2) is 0 Å². The van der Waals surface area contributed by atoms with E-state index in [9.17, 15) is 0 Å². The molecule has 1 N–H and O–H groups in total. The fraction of sp³-hybridized carbons (Fsp3) is 0.333. The third-order valence-corrected chi connectivity index (χ3v) is 4.22. The normalized spacial score (nSPS) is 17.5. The van der Waals surface area contributed by atoms with Gasteiger partial charge in [-0.05, 0) is 31.5 Å². The Balaban J connectivity index is 0.00000169. The number of hydrogen-bond acceptors (Lipinski definition) is 6. The summed E-state index contributed by atoms with van der Waals surface area (Å²) >= 11 is 6.16. The molecule has 3 heterocycles. The third kappa shape index (κ3) is 3.28. The molecule has 0 radical (unpaired) electrons. The number of nitrogens with zero attached hydrogens (tertiary/aromatic N) is 5. The van der Waals surface area contributed by atoms with Crippen molar-refractivity contribution in [3.63, 3.8) is 0 Å². The van der Waals surface area contributed by atoms with E-state index in [2.05, 4.69) is 25.5 Å². The summed E-state index contributed by atoms with van der Waals surface area (Å²) in [7, 11) is 0. The Morgan fingerprint density at radius 3 is 2.92 bits per heavy atom. The van der Waals surface area contributed by atoms with E-state index in [-0.39, 0.29) is 12.4 Å². The second kappa shape index (κ2) is 7.29. The second-order valence-electron chi connectivity index (χ2n) is 5.45. The van der Waals surface area contributed by atoms with Crippen molar-refractivity contribution in [1.29, 1.82) is 0 Å². The molecule has 3 aromatic rings. The highest BCUT2D eigenvalue weighted by molar-refractivity contribution is 6.33. The van der Waals surface area contributed by atoms with Crippen LogP contribution >= 0.6 is 24.0 Å². The molecule has 1 saturated heterocycles. The van der Waals surface area contributed by atoms with Gasteiger partial charge in [0.05, 0.1) is 11.1 Å². The molecule has 1 unspecified atom stereocenters. The molecule has 0 spiro atoms. The number of hydrogen-bond donors (Lipinski definition) is 1. The zero-order chi connectivity index (χ0) is 15.6. The lowest BCUT2D eigenvalue weighted by molar-refractivity contribution is 0.345. The molecule has 0 amide bonds. The van der Waals surface area contributed by atoms with Crippen molar-refractivity contribution < 1.29 is 4.52 Å². The van der Waals surface area contributed by atoms with E-state index < -0.39 is 0 Å². The standard InChI is InChI=1S/C15H15ClN6O.ClH/c16-12-6-2-1-5-11(12)13-19-15(23-21-13)14-18-9-22(20-14)10-4-3-7-17-8-10;/h1-2,5-6,9-10,17H,3-4,7-8H2;1H. The van der Waals surface area contributed by atoms with Crippen LogP contribution in [0, 0.1) is 0 Å². The van der Waals surface area contributed by atoms with E-state index >= 15 is 0 Å². The van der Waals surface area contributed by atoms with Crippen molar-refractivity contribution in [3.05, 3.63) is 35.6 Å². The minimum Gasteiger partial charge on any atom is -0.330 e. The van der Waals surface area contributed by atoms with Crippen molar-refractivity contribution in [2.45, 2.75) is 18.9 Å². The average molecular weight is 367 g/mol. The number of piperidine rings is 1. The van der Waals surface area contributed by atoms with Gasteiger partial charge in [0.1, 0.15) is 6.33 Å². The van der Waals surface area contributed by atoms with Crippen molar-refractivity contribution >= 4 is 24.0 Å². The fourth-order valence-electron chi connectivity index (χ4n) is 2.67. The second-order valence-corrected chi connectivity index (χ2v) is 5.86. The summed E-state index contributed by atoms with van der Waals surface area (Å²) < 4.78 is 7.15. The first-order chi connectivity index (χ1) is 11.3. The lowest BCUT2D eigenvalue weighted by Gasteiger charge is -2.22. The smallest absolute Gasteiger partial charge is 0.297 e. The molecular weight excluding hydrogens is 351 g/mol. The van der Waals surface area contributed by atoms with Crippen LogP contribution in [0.5, 0.6) is 0 Å². The lowest BCUT2D eigenvalue weighted by atomic mass is 10.1. The summed E-state index contributed by atoms with van der Waals surface area (Å²) in [6.07, 6.45) is 3.94. The Bertz CT molecular complexity index is 812. The van der Waals surface area contributed by atoms with E-state index in [4.69, 9.17) is 16.1 Å². The van der Waals surface area contributed by atoms with Crippen LogP contribution in [0.4, 0.5) is 0 Å². The predicted molar refractivity (Wildman–Crippen MR) is 92.1 cm³/mol. The van der Waals surface area contributed by atoms with Gasteiger partial charge in [-0.3, -0.25) is 0 Å². The maximum atomic E-state index is 6.16. The van der Waals surface area contributed by atoms with Crippen LogP contribution in [0.15, 0.2) is 35.1 Å². The predicted octanol–water partition coefficient (Wildman–Crippen LogP) is 2.99. The van der Waals surface area contributed by atoms with Gasteiger partial charge in [-0.2, -0.15) is 4.98 Å². The summed E-state index contributed by atoms with van der Waals surface area (Å²) in [6.45, 7) is 1.96. The Morgan fingerprint density at radius 2 is 2.12 bits per heavy atom. The van der Waals surface area contributed by atoms with Gasteiger partial charge in [-0.1, -0.05) is 28.9 Å². The average Bonchev–Trinajstić information content (AvgIpc) is 3.25. The number of benzene rings is 1. The Labute approximate surface area is 149 Å². The zero-order valence-corrected chi connectivity index (χ0v) is 14.3. The van der Waals surface area contributed by atoms with Crippen LogP contribution in [0.1, 0.15) is 18.9 Å². The summed E-state index contributed by atoms with van der Waals surface area (Å²) in [6, 6.07) is 7.68. The molecule has 1 aliphatic heterocycles. The van der Waals surface area contributed by atoms with Crippen LogP contribution in [0.3, 0.4) is 0 Å². The quantitative estimate of drug-likeness (QED) is 0.767. The van der Waals surface area contributed by atoms with Crippen molar-refractivity contribution in [1.82, 2.24) is 30.2 Å². The number of aromatic nitrogens is 5. The monoisotopic (exact) mass is 366 g/mol. The van der Waals surface area contributed by atoms with E-state index in [1.165, 1.54) is 0 Å². The van der Waals surface area contributed by atoms with Crippen LogP contribution in [0.2, 0.25) is 5.02 Å². The van der Waals surface area contributed by atoms with Crippen molar-refractivity contribution in [2.75, 3.05) is 13.1 Å². The summed E-state index contributed by atoms with van der Waals surface area (Å²) in [5.41, 5.74) is 0.722. The first-order valence-corrected chi connectivity index (χ1v) is 7.90. The molecule has 4 rings (SSSR count). The molecule has 0 aliphatic carbocycles. The van der Waals surface area contributed by atoms with Crippen molar-refractivity contribution in [3.8, 4) is 23.1 Å². The van der Waals surface area contributed by atoms with Gasteiger partial charge < -0.3 is 9.84 Å². The van der Waals surface area contributed by atoms with Gasteiger partial charge in [0, 0.05) is 12.1 Å². The Hall–Kier alpha value is -1.96. The van der Waals surface area contributed by atoms with Gasteiger partial charge in [-0.25, -0.2) is 9.67 Å². The number of rotatable bonds is 3. The highest BCUT2D eigenvalue weighted by atomic mass is 35.5. The zero-order valence-electron chi connectivity index (χ0n) is 12.7. The molecular formula is C15H16Cl2N6O. The molecule has 1 fully saturated rings. The summed E-state index contributed by atoms with van der Waals surface area (Å²) in [5, 5.41) is 12.4. The largest absolute Gasteiger partial charge is 0.330 e. The maximum absolute atomic E-state index is 6.16. The van der Waals surface area contributed by atoms with E-state index in [0.29, 0.717) is 28.6 Å². The fourth-order valence-corrected chi connectivity index (χ4v) is 2.89. The Kier molecular flexibility index (Phi) is 5.13. The molecule has 126 valence electrons. The van der Waals surface area contributed by atoms with Gasteiger partial charge >= 0.3 is 0 Å². The van der Waals surface area contributed by atoms with Gasteiger partial charge in [0.25, 0.3) is 5.89 Å². The lowest BCUT2D eigenvalue weighted by Crippen LogP contribution is -2.31. The molecule has 0 saturated carbocycles. The van der Waals surface area contributed by atoms with Gasteiger partial charge in [0.2, 0.25) is 11.6 Å². The SMILES string of the molecule is Cl.Clc1ccccc1-c1noc(-c2ncn(C3CCCNC3)n2)n1. The number of halogens is 2. The van der Waals surface area contributed by atoms with Crippen molar-refractivity contribution in [2.24, 2.45) is 0 Å². The topological polar surface area (TPSA) is 81.7 Å². The first kappa shape index (κ1) is 16.9. The van der Waals surface area contributed by atoms with E-state index in [0.717, 1.165) is 31.5 Å². The van der Waals surface area contributed by atoms with Crippen LogP contribution in [0.25, 0.3) is 23.1 Å². The highest BCUT2D eigenvalue weighted by Gasteiger charge is 2.20. The molecule has 2 aromatic heterocycles. The molecule has 24 heavy (non-hydrogen) atoms. The first-order valence-electron chi connectivity index (χ1n) is 7.52. The van der Waals surface area contributed by atoms with Crippen LogP contribution in [-0.2, 0) is 0 Å².